The molecular formula is C19H30ClN3O3. The Labute approximate surface area is 162 Å². The molecule has 26 heavy (non-hydrogen) atoms. The van der Waals surface area contributed by atoms with E-state index >= 15 is 0 Å². The molecule has 0 aliphatic carbocycles. The van der Waals surface area contributed by atoms with E-state index in [2.05, 4.69) is 0 Å². The first-order valence-electron chi connectivity index (χ1n) is 8.76. The first-order chi connectivity index (χ1) is 11.8. The minimum absolute atomic E-state index is 0. The normalized spacial score (nSPS) is 17.0. The molecule has 146 valence electrons. The van der Waals surface area contributed by atoms with Crippen LogP contribution in [0.5, 0.6) is 5.75 Å². The second-order valence-corrected chi connectivity index (χ2v) is 7.37. The van der Waals surface area contributed by atoms with Crippen molar-refractivity contribution in [3.8, 4) is 5.75 Å². The van der Waals surface area contributed by atoms with Gasteiger partial charge in [-0.25, -0.2) is 0 Å². The molecule has 1 aliphatic rings. The molecule has 0 radical (unpaired) electrons. The van der Waals surface area contributed by atoms with E-state index in [9.17, 15) is 9.59 Å². The lowest BCUT2D eigenvalue weighted by Crippen LogP contribution is -2.42. The van der Waals surface area contributed by atoms with Crippen LogP contribution in [0.1, 0.15) is 27.2 Å². The zero-order valence-corrected chi connectivity index (χ0v) is 16.8. The van der Waals surface area contributed by atoms with Crippen LogP contribution in [0.4, 0.5) is 5.69 Å². The summed E-state index contributed by atoms with van der Waals surface area (Å²) in [6, 6.07) is 7.45. The second kappa shape index (κ2) is 9.24. The molecule has 1 unspecified atom stereocenters. The van der Waals surface area contributed by atoms with Gasteiger partial charge in [0.1, 0.15) is 5.75 Å². The summed E-state index contributed by atoms with van der Waals surface area (Å²) in [6.07, 6.45) is 0.229. The Morgan fingerprint density at radius 1 is 1.38 bits per heavy atom. The predicted molar refractivity (Wildman–Crippen MR) is 106 cm³/mol. The van der Waals surface area contributed by atoms with Crippen molar-refractivity contribution in [1.82, 2.24) is 4.90 Å². The third-order valence-corrected chi connectivity index (χ3v) is 4.52. The van der Waals surface area contributed by atoms with Crippen molar-refractivity contribution in [2.45, 2.75) is 27.2 Å². The van der Waals surface area contributed by atoms with Crippen LogP contribution in [0.25, 0.3) is 0 Å². The smallest absolute Gasteiger partial charge is 0.227 e. The maximum absolute atomic E-state index is 12.7. The SMILES string of the molecule is CCOc1ccccc1N1CC(C(=O)N(C)CC(C)(C)CN)CC1=O.Cl. The van der Waals surface area contributed by atoms with Gasteiger partial charge in [0, 0.05) is 26.6 Å². The van der Waals surface area contributed by atoms with Gasteiger partial charge in [0.15, 0.2) is 0 Å². The highest BCUT2D eigenvalue weighted by atomic mass is 35.5. The molecule has 1 aliphatic heterocycles. The van der Waals surface area contributed by atoms with E-state index < -0.39 is 0 Å². The highest BCUT2D eigenvalue weighted by Gasteiger charge is 2.38. The third kappa shape index (κ3) is 5.11. The largest absolute Gasteiger partial charge is 0.492 e. The minimum Gasteiger partial charge on any atom is -0.492 e. The predicted octanol–water partition coefficient (Wildman–Crippen LogP) is 2.30. The molecule has 0 bridgehead atoms. The van der Waals surface area contributed by atoms with Gasteiger partial charge in [0.25, 0.3) is 0 Å². The fourth-order valence-electron chi connectivity index (χ4n) is 3.16. The molecule has 1 aromatic rings. The molecule has 1 atom stereocenters. The quantitative estimate of drug-likeness (QED) is 0.783. The number of carbonyl (C=O) groups is 2. The van der Waals surface area contributed by atoms with Crippen LogP contribution in [-0.2, 0) is 9.59 Å². The van der Waals surface area contributed by atoms with Gasteiger partial charge < -0.3 is 20.3 Å². The Bertz CT molecular complexity index is 636. The van der Waals surface area contributed by atoms with E-state index in [0.29, 0.717) is 32.0 Å². The molecule has 0 spiro atoms. The van der Waals surface area contributed by atoms with Crippen LogP contribution < -0.4 is 15.4 Å². The van der Waals surface area contributed by atoms with Gasteiger partial charge in [-0.2, -0.15) is 0 Å². The number of halogens is 1. The number of carbonyl (C=O) groups excluding carboxylic acids is 2. The maximum Gasteiger partial charge on any atom is 0.227 e. The summed E-state index contributed by atoms with van der Waals surface area (Å²) in [6.45, 7) is 7.95. The highest BCUT2D eigenvalue weighted by Crippen LogP contribution is 2.33. The van der Waals surface area contributed by atoms with Gasteiger partial charge >= 0.3 is 0 Å². The van der Waals surface area contributed by atoms with Crippen LogP contribution in [0.15, 0.2) is 24.3 Å². The van der Waals surface area contributed by atoms with Gasteiger partial charge in [-0.05, 0) is 31.0 Å². The fraction of sp³-hybridized carbons (Fsp3) is 0.579. The summed E-state index contributed by atoms with van der Waals surface area (Å²) < 4.78 is 5.62. The first-order valence-corrected chi connectivity index (χ1v) is 8.76. The fourth-order valence-corrected chi connectivity index (χ4v) is 3.16. The third-order valence-electron chi connectivity index (χ3n) is 4.52. The summed E-state index contributed by atoms with van der Waals surface area (Å²) >= 11 is 0. The topological polar surface area (TPSA) is 75.9 Å². The van der Waals surface area contributed by atoms with Crippen molar-refractivity contribution in [2.75, 3.05) is 38.2 Å². The Morgan fingerprint density at radius 3 is 2.65 bits per heavy atom. The van der Waals surface area contributed by atoms with Crippen molar-refractivity contribution >= 4 is 29.9 Å². The number of ether oxygens (including phenoxy) is 1. The van der Waals surface area contributed by atoms with E-state index in [1.807, 2.05) is 45.0 Å². The summed E-state index contributed by atoms with van der Waals surface area (Å²) in [5, 5.41) is 0. The van der Waals surface area contributed by atoms with Crippen LogP contribution >= 0.6 is 12.4 Å². The van der Waals surface area contributed by atoms with E-state index in [-0.39, 0.29) is 42.0 Å². The van der Waals surface area contributed by atoms with E-state index in [4.69, 9.17) is 10.5 Å². The van der Waals surface area contributed by atoms with Crippen molar-refractivity contribution < 1.29 is 14.3 Å². The number of anilines is 1. The molecule has 7 heteroatoms. The summed E-state index contributed by atoms with van der Waals surface area (Å²) in [5.74, 6) is 0.285. The van der Waals surface area contributed by atoms with E-state index in [1.54, 1.807) is 16.8 Å². The van der Waals surface area contributed by atoms with Gasteiger partial charge in [-0.3, -0.25) is 9.59 Å². The summed E-state index contributed by atoms with van der Waals surface area (Å²) in [5.41, 5.74) is 6.35. The zero-order valence-electron chi connectivity index (χ0n) is 16.0. The molecule has 2 N–H and O–H groups in total. The number of benzene rings is 1. The van der Waals surface area contributed by atoms with Crippen LogP contribution in [0.2, 0.25) is 0 Å². The van der Waals surface area contributed by atoms with E-state index in [0.717, 1.165) is 5.69 Å². The van der Waals surface area contributed by atoms with Crippen LogP contribution in [0.3, 0.4) is 0 Å². The lowest BCUT2D eigenvalue weighted by atomic mass is 9.92. The Hall–Kier alpha value is -1.79. The number of hydrogen-bond acceptors (Lipinski definition) is 4. The van der Waals surface area contributed by atoms with Gasteiger partial charge in [-0.1, -0.05) is 26.0 Å². The standard InChI is InChI=1S/C19H29N3O3.ClH/c1-5-25-16-9-7-6-8-15(16)22-11-14(10-17(22)23)18(24)21(4)13-19(2,3)12-20;/h6-9,14H,5,10-13,20H2,1-4H3;1H. The van der Waals surface area contributed by atoms with Gasteiger partial charge in [0.2, 0.25) is 11.8 Å². The van der Waals surface area contributed by atoms with Crippen LogP contribution in [0, 0.1) is 11.3 Å². The molecule has 0 saturated carbocycles. The Morgan fingerprint density at radius 2 is 2.04 bits per heavy atom. The number of amides is 2. The molecule has 6 nitrogen and oxygen atoms in total. The molecule has 0 aromatic heterocycles. The lowest BCUT2D eigenvalue weighted by molar-refractivity contribution is -0.135. The van der Waals surface area contributed by atoms with Crippen LogP contribution in [-0.4, -0.2) is 50.0 Å². The number of para-hydroxylation sites is 2. The summed E-state index contributed by atoms with van der Waals surface area (Å²) in [7, 11) is 1.78. The minimum atomic E-state index is -0.333. The van der Waals surface area contributed by atoms with Crippen molar-refractivity contribution in [3.63, 3.8) is 0 Å². The number of nitrogens with two attached hydrogens (primary N) is 1. The molecule has 1 aromatic carbocycles. The number of rotatable bonds is 7. The molecule has 1 fully saturated rings. The van der Waals surface area contributed by atoms with E-state index in [1.165, 1.54) is 0 Å². The number of nitrogens with zero attached hydrogens (tertiary/aromatic N) is 2. The highest BCUT2D eigenvalue weighted by molar-refractivity contribution is 6.01. The molecule has 1 saturated heterocycles. The first kappa shape index (κ1) is 22.3. The van der Waals surface area contributed by atoms with Gasteiger partial charge in [0.05, 0.1) is 18.2 Å². The second-order valence-electron chi connectivity index (χ2n) is 7.37. The summed E-state index contributed by atoms with van der Waals surface area (Å²) in [4.78, 5) is 28.6. The number of hydrogen-bond donors (Lipinski definition) is 1. The molecule has 2 rings (SSSR count). The average molecular weight is 384 g/mol. The molecular weight excluding hydrogens is 354 g/mol. The molecule has 2 amide bonds. The monoisotopic (exact) mass is 383 g/mol. The molecule has 1 heterocycles. The zero-order chi connectivity index (χ0) is 18.6. The van der Waals surface area contributed by atoms with Gasteiger partial charge in [-0.15, -0.1) is 12.4 Å². The Balaban J connectivity index is 0.00000338. The van der Waals surface area contributed by atoms with Crippen molar-refractivity contribution in [3.05, 3.63) is 24.3 Å². The maximum atomic E-state index is 12.7. The average Bonchev–Trinajstić information content (AvgIpc) is 2.96. The van der Waals surface area contributed by atoms with Crippen molar-refractivity contribution in [1.29, 1.82) is 0 Å². The van der Waals surface area contributed by atoms with Crippen molar-refractivity contribution in [2.24, 2.45) is 17.1 Å². The Kier molecular flexibility index (Phi) is 7.90. The lowest BCUT2D eigenvalue weighted by Gasteiger charge is -2.30.